The highest BCUT2D eigenvalue weighted by molar-refractivity contribution is 5.76. The van der Waals surface area contributed by atoms with Crippen molar-refractivity contribution in [2.24, 2.45) is 0 Å². The van der Waals surface area contributed by atoms with E-state index in [4.69, 9.17) is 0 Å². The average Bonchev–Trinajstić information content (AvgIpc) is 2.62. The fourth-order valence-electron chi connectivity index (χ4n) is 3.63. The Morgan fingerprint density at radius 2 is 2.22 bits per heavy atom. The molecule has 1 fully saturated rings. The summed E-state index contributed by atoms with van der Waals surface area (Å²) in [6.45, 7) is 6.74. The minimum absolute atomic E-state index is 0.0184. The number of amides is 1. The third-order valence-corrected chi connectivity index (χ3v) is 4.91. The third-order valence-electron chi connectivity index (χ3n) is 4.91. The number of carbonyl (C=O) groups is 1. The molecule has 1 unspecified atom stereocenters. The van der Waals surface area contributed by atoms with Crippen molar-refractivity contribution < 1.29 is 4.79 Å². The number of pyridine rings is 1. The molecule has 144 valence electrons. The van der Waals surface area contributed by atoms with Crippen LogP contribution in [0.3, 0.4) is 0 Å². The van der Waals surface area contributed by atoms with Gasteiger partial charge in [-0.2, -0.15) is 4.98 Å². The first kappa shape index (κ1) is 19.2. The Morgan fingerprint density at radius 3 is 2.96 bits per heavy atom. The van der Waals surface area contributed by atoms with Gasteiger partial charge in [0.25, 0.3) is 0 Å². The standard InChI is InChI=1S/C20H27N5O2/c1-15-11-16(2)25(20(27)22-15)10-7-19(26)23-18-6-4-9-24(14-18)13-17-5-3-8-21-12-17/h3,5,8,11-12,18H,4,6-7,9-10,13-14H2,1-2H3,(H,23,26). The number of aromatic nitrogens is 3. The first-order valence-corrected chi connectivity index (χ1v) is 9.47. The van der Waals surface area contributed by atoms with Crippen LogP contribution in [0.2, 0.25) is 0 Å². The molecular formula is C20H27N5O2. The van der Waals surface area contributed by atoms with Crippen molar-refractivity contribution in [3.63, 3.8) is 0 Å². The molecule has 0 aliphatic carbocycles. The molecule has 1 saturated heterocycles. The quantitative estimate of drug-likeness (QED) is 0.833. The molecule has 0 bridgehead atoms. The van der Waals surface area contributed by atoms with E-state index in [0.717, 1.165) is 38.2 Å². The Bertz CT molecular complexity index is 834. The molecule has 0 aromatic carbocycles. The van der Waals surface area contributed by atoms with Gasteiger partial charge in [0.1, 0.15) is 0 Å². The Kier molecular flexibility index (Phi) is 6.34. The van der Waals surface area contributed by atoms with E-state index in [-0.39, 0.29) is 24.1 Å². The summed E-state index contributed by atoms with van der Waals surface area (Å²) < 4.78 is 1.56. The molecule has 7 nitrogen and oxygen atoms in total. The van der Waals surface area contributed by atoms with Gasteiger partial charge < -0.3 is 5.32 Å². The summed E-state index contributed by atoms with van der Waals surface area (Å²) in [5.74, 6) is -0.0184. The van der Waals surface area contributed by atoms with Gasteiger partial charge in [-0.05, 0) is 50.9 Å². The van der Waals surface area contributed by atoms with Crippen LogP contribution >= 0.6 is 0 Å². The molecule has 1 amide bonds. The molecule has 1 aliphatic rings. The van der Waals surface area contributed by atoms with Crippen LogP contribution in [0.1, 0.15) is 36.2 Å². The van der Waals surface area contributed by atoms with E-state index in [0.29, 0.717) is 12.2 Å². The van der Waals surface area contributed by atoms with E-state index in [9.17, 15) is 9.59 Å². The van der Waals surface area contributed by atoms with E-state index in [1.807, 2.05) is 25.3 Å². The molecule has 7 heteroatoms. The zero-order chi connectivity index (χ0) is 19.2. The highest BCUT2D eigenvalue weighted by atomic mass is 16.2. The lowest BCUT2D eigenvalue weighted by atomic mass is 10.0. The van der Waals surface area contributed by atoms with Gasteiger partial charge in [-0.3, -0.25) is 19.2 Å². The lowest BCUT2D eigenvalue weighted by Gasteiger charge is -2.33. The molecule has 1 atom stereocenters. The molecular weight excluding hydrogens is 342 g/mol. The molecule has 2 aromatic rings. The van der Waals surface area contributed by atoms with Crippen molar-refractivity contribution in [2.75, 3.05) is 13.1 Å². The second-order valence-electron chi connectivity index (χ2n) is 7.23. The summed E-state index contributed by atoms with van der Waals surface area (Å²) in [7, 11) is 0. The summed E-state index contributed by atoms with van der Waals surface area (Å²) >= 11 is 0. The molecule has 2 aromatic heterocycles. The number of likely N-dealkylation sites (tertiary alicyclic amines) is 1. The number of hydrogen-bond acceptors (Lipinski definition) is 5. The molecule has 1 aliphatic heterocycles. The first-order valence-electron chi connectivity index (χ1n) is 9.47. The van der Waals surface area contributed by atoms with Crippen LogP contribution in [0.5, 0.6) is 0 Å². The highest BCUT2D eigenvalue weighted by Crippen LogP contribution is 2.13. The number of aryl methyl sites for hydroxylation is 2. The van der Waals surface area contributed by atoms with Crippen LogP contribution < -0.4 is 11.0 Å². The monoisotopic (exact) mass is 369 g/mol. The smallest absolute Gasteiger partial charge is 0.347 e. The Hall–Kier alpha value is -2.54. The molecule has 0 spiro atoms. The summed E-state index contributed by atoms with van der Waals surface area (Å²) in [5, 5.41) is 3.12. The molecule has 3 rings (SSSR count). The minimum atomic E-state index is -0.291. The minimum Gasteiger partial charge on any atom is -0.352 e. The summed E-state index contributed by atoms with van der Waals surface area (Å²) in [6.07, 6.45) is 5.99. The zero-order valence-electron chi connectivity index (χ0n) is 16.0. The number of piperidine rings is 1. The van der Waals surface area contributed by atoms with Gasteiger partial charge in [0, 0.05) is 55.9 Å². The Morgan fingerprint density at radius 1 is 1.37 bits per heavy atom. The largest absolute Gasteiger partial charge is 0.352 e. The van der Waals surface area contributed by atoms with Crippen molar-refractivity contribution in [1.82, 2.24) is 24.8 Å². The van der Waals surface area contributed by atoms with Crippen LogP contribution in [0, 0.1) is 13.8 Å². The van der Waals surface area contributed by atoms with Crippen LogP contribution in [0.4, 0.5) is 0 Å². The van der Waals surface area contributed by atoms with Crippen LogP contribution in [-0.2, 0) is 17.9 Å². The lowest BCUT2D eigenvalue weighted by Crippen LogP contribution is -2.47. The number of carbonyl (C=O) groups excluding carboxylic acids is 1. The van der Waals surface area contributed by atoms with E-state index in [2.05, 4.69) is 26.3 Å². The second kappa shape index (κ2) is 8.90. The van der Waals surface area contributed by atoms with Crippen molar-refractivity contribution in [3.05, 3.63) is 58.0 Å². The lowest BCUT2D eigenvalue weighted by molar-refractivity contribution is -0.122. The molecule has 0 saturated carbocycles. The normalized spacial score (nSPS) is 17.6. The maximum atomic E-state index is 12.4. The van der Waals surface area contributed by atoms with Gasteiger partial charge in [0.2, 0.25) is 5.91 Å². The predicted octanol–water partition coefficient (Wildman–Crippen LogP) is 1.43. The van der Waals surface area contributed by atoms with Gasteiger partial charge in [-0.25, -0.2) is 4.79 Å². The van der Waals surface area contributed by atoms with E-state index in [1.165, 1.54) is 5.56 Å². The van der Waals surface area contributed by atoms with Gasteiger partial charge in [0.15, 0.2) is 0 Å². The van der Waals surface area contributed by atoms with Gasteiger partial charge >= 0.3 is 5.69 Å². The van der Waals surface area contributed by atoms with Crippen molar-refractivity contribution in [3.8, 4) is 0 Å². The Labute approximate surface area is 159 Å². The second-order valence-corrected chi connectivity index (χ2v) is 7.23. The van der Waals surface area contributed by atoms with E-state index < -0.39 is 0 Å². The molecule has 0 radical (unpaired) electrons. The molecule has 27 heavy (non-hydrogen) atoms. The summed E-state index contributed by atoms with van der Waals surface area (Å²) in [4.78, 5) is 34.8. The first-order chi connectivity index (χ1) is 13.0. The third kappa shape index (κ3) is 5.47. The van der Waals surface area contributed by atoms with Crippen LogP contribution in [0.25, 0.3) is 0 Å². The fraction of sp³-hybridized carbons (Fsp3) is 0.500. The Balaban J connectivity index is 1.50. The van der Waals surface area contributed by atoms with Crippen molar-refractivity contribution >= 4 is 5.91 Å². The zero-order valence-corrected chi connectivity index (χ0v) is 16.0. The fourth-order valence-corrected chi connectivity index (χ4v) is 3.63. The molecule has 3 heterocycles. The van der Waals surface area contributed by atoms with E-state index >= 15 is 0 Å². The van der Waals surface area contributed by atoms with Crippen molar-refractivity contribution in [2.45, 2.75) is 52.2 Å². The predicted molar refractivity (Wildman–Crippen MR) is 103 cm³/mol. The topological polar surface area (TPSA) is 80.1 Å². The van der Waals surface area contributed by atoms with E-state index in [1.54, 1.807) is 17.7 Å². The van der Waals surface area contributed by atoms with Crippen molar-refractivity contribution in [1.29, 1.82) is 0 Å². The maximum Gasteiger partial charge on any atom is 0.347 e. The van der Waals surface area contributed by atoms with Crippen LogP contribution in [0.15, 0.2) is 35.4 Å². The average molecular weight is 369 g/mol. The number of nitrogens with zero attached hydrogens (tertiary/aromatic N) is 4. The summed E-state index contributed by atoms with van der Waals surface area (Å²) in [6, 6.07) is 6.03. The van der Waals surface area contributed by atoms with Gasteiger partial charge in [-0.1, -0.05) is 6.07 Å². The van der Waals surface area contributed by atoms with Gasteiger partial charge in [-0.15, -0.1) is 0 Å². The maximum absolute atomic E-state index is 12.4. The number of hydrogen-bond donors (Lipinski definition) is 1. The highest BCUT2D eigenvalue weighted by Gasteiger charge is 2.21. The van der Waals surface area contributed by atoms with Crippen LogP contribution in [-0.4, -0.2) is 44.5 Å². The summed E-state index contributed by atoms with van der Waals surface area (Å²) in [5.41, 5.74) is 2.43. The number of nitrogens with one attached hydrogen (secondary N) is 1. The SMILES string of the molecule is Cc1cc(C)n(CCC(=O)NC2CCCN(Cc3cccnc3)C2)c(=O)n1. The van der Waals surface area contributed by atoms with Gasteiger partial charge in [0.05, 0.1) is 0 Å². The number of rotatable bonds is 6. The molecule has 1 N–H and O–H groups in total.